The van der Waals surface area contributed by atoms with Crippen molar-refractivity contribution in [3.63, 3.8) is 0 Å². The number of rotatable bonds is 7. The van der Waals surface area contributed by atoms with Gasteiger partial charge in [-0.1, -0.05) is 43.6 Å². The first-order chi connectivity index (χ1) is 13.8. The maximum absolute atomic E-state index is 12.7. The van der Waals surface area contributed by atoms with E-state index in [1.54, 1.807) is 41.7 Å². The standard InChI is InChI=1S/C20H20ClN3O3S2/c1-13(2)20-23-15(12-28-20)11-22-19(25)14-6-5-7-16(10-14)29(26,27)24-18-9-4-3-8-17(18)21/h3-10,12-13,24H,11H2,1-2H3,(H,22,25). The van der Waals surface area contributed by atoms with Crippen LogP contribution in [0.1, 0.15) is 40.8 Å². The Morgan fingerprint density at radius 2 is 1.93 bits per heavy atom. The normalized spacial score (nSPS) is 11.4. The highest BCUT2D eigenvalue weighted by Crippen LogP contribution is 2.24. The van der Waals surface area contributed by atoms with Crippen LogP contribution in [0.4, 0.5) is 5.69 Å². The molecule has 0 saturated heterocycles. The molecule has 0 aliphatic rings. The van der Waals surface area contributed by atoms with Gasteiger partial charge in [0.15, 0.2) is 0 Å². The van der Waals surface area contributed by atoms with Crippen LogP contribution >= 0.6 is 22.9 Å². The third-order valence-electron chi connectivity index (χ3n) is 4.02. The molecule has 1 aromatic heterocycles. The van der Waals surface area contributed by atoms with E-state index in [2.05, 4.69) is 28.9 Å². The van der Waals surface area contributed by atoms with Crippen LogP contribution in [0.3, 0.4) is 0 Å². The predicted octanol–water partition coefficient (Wildman–Crippen LogP) is 4.65. The summed E-state index contributed by atoms with van der Waals surface area (Å²) < 4.78 is 27.8. The fourth-order valence-corrected chi connectivity index (χ4v) is 4.69. The van der Waals surface area contributed by atoms with Gasteiger partial charge in [-0.3, -0.25) is 9.52 Å². The number of aromatic nitrogens is 1. The Morgan fingerprint density at radius 1 is 1.17 bits per heavy atom. The van der Waals surface area contributed by atoms with E-state index in [0.717, 1.165) is 10.7 Å². The number of hydrogen-bond donors (Lipinski definition) is 2. The fourth-order valence-electron chi connectivity index (χ4n) is 2.49. The molecule has 6 nitrogen and oxygen atoms in total. The molecule has 0 fully saturated rings. The Balaban J connectivity index is 1.72. The van der Waals surface area contributed by atoms with Crippen LogP contribution < -0.4 is 10.0 Å². The quantitative estimate of drug-likeness (QED) is 0.549. The van der Waals surface area contributed by atoms with E-state index in [0.29, 0.717) is 5.92 Å². The smallest absolute Gasteiger partial charge is 0.261 e. The highest BCUT2D eigenvalue weighted by Gasteiger charge is 2.18. The van der Waals surface area contributed by atoms with Gasteiger partial charge < -0.3 is 5.32 Å². The van der Waals surface area contributed by atoms with E-state index in [-0.39, 0.29) is 33.6 Å². The summed E-state index contributed by atoms with van der Waals surface area (Å²) in [5.41, 5.74) is 1.29. The summed E-state index contributed by atoms with van der Waals surface area (Å²) in [6.45, 7) is 4.39. The lowest BCUT2D eigenvalue weighted by molar-refractivity contribution is 0.0950. The Morgan fingerprint density at radius 3 is 2.62 bits per heavy atom. The average molecular weight is 450 g/mol. The van der Waals surface area contributed by atoms with Crippen LogP contribution in [0.5, 0.6) is 0 Å². The highest BCUT2D eigenvalue weighted by atomic mass is 35.5. The number of hydrogen-bond acceptors (Lipinski definition) is 5. The van der Waals surface area contributed by atoms with Crippen LogP contribution in [-0.2, 0) is 16.6 Å². The number of benzene rings is 2. The van der Waals surface area contributed by atoms with Gasteiger partial charge in [-0.05, 0) is 30.3 Å². The van der Waals surface area contributed by atoms with Gasteiger partial charge in [0, 0.05) is 16.9 Å². The molecular weight excluding hydrogens is 430 g/mol. The summed E-state index contributed by atoms with van der Waals surface area (Å²) in [5, 5.41) is 5.97. The second kappa shape index (κ2) is 8.94. The minimum Gasteiger partial charge on any atom is -0.346 e. The van der Waals surface area contributed by atoms with Crippen molar-refractivity contribution in [3.8, 4) is 0 Å². The van der Waals surface area contributed by atoms with Crippen molar-refractivity contribution in [2.45, 2.75) is 31.2 Å². The molecule has 152 valence electrons. The molecule has 2 aromatic carbocycles. The molecule has 0 unspecified atom stereocenters. The van der Waals surface area contributed by atoms with E-state index >= 15 is 0 Å². The van der Waals surface area contributed by atoms with Crippen molar-refractivity contribution in [1.29, 1.82) is 0 Å². The monoisotopic (exact) mass is 449 g/mol. The van der Waals surface area contributed by atoms with Gasteiger partial charge >= 0.3 is 0 Å². The average Bonchev–Trinajstić information content (AvgIpc) is 3.17. The largest absolute Gasteiger partial charge is 0.346 e. The lowest BCUT2D eigenvalue weighted by Crippen LogP contribution is -2.23. The van der Waals surface area contributed by atoms with Gasteiger partial charge in [0.25, 0.3) is 15.9 Å². The molecule has 9 heteroatoms. The van der Waals surface area contributed by atoms with Gasteiger partial charge in [0.1, 0.15) is 0 Å². The fraction of sp³-hybridized carbons (Fsp3) is 0.200. The Hall–Kier alpha value is -2.42. The summed E-state index contributed by atoms with van der Waals surface area (Å²) in [6, 6.07) is 12.4. The molecule has 0 bridgehead atoms. The Kier molecular flexibility index (Phi) is 6.56. The molecule has 1 heterocycles. The highest BCUT2D eigenvalue weighted by molar-refractivity contribution is 7.92. The van der Waals surface area contributed by atoms with Crippen molar-refractivity contribution in [3.05, 3.63) is 75.2 Å². The van der Waals surface area contributed by atoms with Crippen molar-refractivity contribution >= 4 is 44.6 Å². The molecule has 29 heavy (non-hydrogen) atoms. The maximum atomic E-state index is 12.7. The number of nitrogens with zero attached hydrogens (tertiary/aromatic N) is 1. The number of sulfonamides is 1. The minimum absolute atomic E-state index is 0.0270. The zero-order valence-corrected chi connectivity index (χ0v) is 18.2. The minimum atomic E-state index is -3.89. The topological polar surface area (TPSA) is 88.2 Å². The molecule has 2 N–H and O–H groups in total. The van der Waals surface area contributed by atoms with Crippen molar-refractivity contribution in [1.82, 2.24) is 10.3 Å². The summed E-state index contributed by atoms with van der Waals surface area (Å²) in [4.78, 5) is 16.9. The molecule has 1 amide bonds. The van der Waals surface area contributed by atoms with Gasteiger partial charge in [0.05, 0.1) is 32.9 Å². The molecule has 3 aromatic rings. The van der Waals surface area contributed by atoms with Crippen molar-refractivity contribution in [2.24, 2.45) is 0 Å². The maximum Gasteiger partial charge on any atom is 0.261 e. The van der Waals surface area contributed by atoms with Crippen LogP contribution in [0, 0.1) is 0 Å². The molecule has 3 rings (SSSR count). The van der Waals surface area contributed by atoms with Crippen LogP contribution in [0.2, 0.25) is 5.02 Å². The number of nitrogens with one attached hydrogen (secondary N) is 2. The second-order valence-electron chi connectivity index (χ2n) is 6.63. The molecule has 0 aliphatic heterocycles. The lowest BCUT2D eigenvalue weighted by Gasteiger charge is -2.10. The van der Waals surface area contributed by atoms with E-state index in [1.165, 1.54) is 18.2 Å². The molecule has 0 atom stereocenters. The van der Waals surface area contributed by atoms with E-state index < -0.39 is 10.0 Å². The molecular formula is C20H20ClN3O3S2. The van der Waals surface area contributed by atoms with Crippen LogP contribution in [0.15, 0.2) is 58.8 Å². The molecule has 0 aliphatic carbocycles. The number of amides is 1. The third-order valence-corrected chi connectivity index (χ3v) is 6.91. The third kappa shape index (κ3) is 5.35. The zero-order valence-electron chi connectivity index (χ0n) is 15.8. The summed E-state index contributed by atoms with van der Waals surface area (Å²) in [5.74, 6) is -0.0455. The first-order valence-corrected chi connectivity index (χ1v) is 11.6. The SMILES string of the molecule is CC(C)c1nc(CNC(=O)c2cccc(S(=O)(=O)Nc3ccccc3Cl)c2)cs1. The van der Waals surface area contributed by atoms with Gasteiger partial charge in [-0.2, -0.15) is 0 Å². The van der Waals surface area contributed by atoms with Gasteiger partial charge in [0.2, 0.25) is 0 Å². The van der Waals surface area contributed by atoms with Gasteiger partial charge in [-0.25, -0.2) is 13.4 Å². The van der Waals surface area contributed by atoms with E-state index in [9.17, 15) is 13.2 Å². The van der Waals surface area contributed by atoms with Gasteiger partial charge in [-0.15, -0.1) is 11.3 Å². The first kappa shape index (κ1) is 21.3. The first-order valence-electron chi connectivity index (χ1n) is 8.86. The summed E-state index contributed by atoms with van der Waals surface area (Å²) in [7, 11) is -3.89. The number of para-hydroxylation sites is 1. The second-order valence-corrected chi connectivity index (χ2v) is 9.61. The number of carbonyl (C=O) groups excluding carboxylic acids is 1. The zero-order chi connectivity index (χ0) is 21.0. The number of thiazole rings is 1. The predicted molar refractivity (Wildman–Crippen MR) is 116 cm³/mol. The summed E-state index contributed by atoms with van der Waals surface area (Å²) >= 11 is 7.58. The lowest BCUT2D eigenvalue weighted by atomic mass is 10.2. The molecule has 0 radical (unpaired) electrons. The number of halogens is 1. The van der Waals surface area contributed by atoms with Crippen LogP contribution in [0.25, 0.3) is 0 Å². The van der Waals surface area contributed by atoms with Crippen LogP contribution in [-0.4, -0.2) is 19.3 Å². The van der Waals surface area contributed by atoms with E-state index in [4.69, 9.17) is 11.6 Å². The Bertz CT molecular complexity index is 1130. The molecule has 0 saturated carbocycles. The van der Waals surface area contributed by atoms with Crippen molar-refractivity contribution < 1.29 is 13.2 Å². The Labute approximate surface area is 179 Å². The summed E-state index contributed by atoms with van der Waals surface area (Å²) in [6.07, 6.45) is 0. The number of anilines is 1. The number of carbonyl (C=O) groups is 1. The molecule has 0 spiro atoms. The van der Waals surface area contributed by atoms with E-state index in [1.807, 2.05) is 5.38 Å². The van der Waals surface area contributed by atoms with Crippen molar-refractivity contribution in [2.75, 3.05) is 4.72 Å².